The van der Waals surface area contributed by atoms with Gasteiger partial charge in [-0.15, -0.1) is 0 Å². The zero-order valence-electron chi connectivity index (χ0n) is 9.39. The van der Waals surface area contributed by atoms with E-state index in [1.807, 2.05) is 30.9 Å². The lowest BCUT2D eigenvalue weighted by Gasteiger charge is -2.03. The number of nitrogens with zero attached hydrogens (tertiary/aromatic N) is 3. The van der Waals surface area contributed by atoms with Gasteiger partial charge >= 0.3 is 10.8 Å². The van der Waals surface area contributed by atoms with E-state index >= 15 is 0 Å². The van der Waals surface area contributed by atoms with Gasteiger partial charge in [0.1, 0.15) is 5.69 Å². The molecule has 0 N–H and O–H groups in total. The van der Waals surface area contributed by atoms with Gasteiger partial charge in [0, 0.05) is 6.20 Å². The number of hydrogen-bond acceptors (Lipinski definition) is 4. The van der Waals surface area contributed by atoms with Crippen molar-refractivity contribution in [3.05, 3.63) is 23.5 Å². The Morgan fingerprint density at radius 2 is 2.25 bits per heavy atom. The molecule has 0 unspecified atom stereocenters. The summed E-state index contributed by atoms with van der Waals surface area (Å²) in [6.07, 6.45) is 4.55. The summed E-state index contributed by atoms with van der Waals surface area (Å²) in [6, 6.07) is 1.82. The van der Waals surface area contributed by atoms with Crippen LogP contribution in [0.4, 0.5) is 0 Å². The summed E-state index contributed by atoms with van der Waals surface area (Å²) in [6.45, 7) is 1.91. The fourth-order valence-electron chi connectivity index (χ4n) is 1.58. The Morgan fingerprint density at radius 1 is 1.50 bits per heavy atom. The molecule has 0 aliphatic carbocycles. The minimum atomic E-state index is 0.676. The Labute approximate surface area is 97.7 Å². The number of carbonyl (C=O) groups excluding carboxylic acids is 1. The molecule has 5 heteroatoms. The summed E-state index contributed by atoms with van der Waals surface area (Å²) < 4.78 is 1.92. The second kappa shape index (κ2) is 4.17. The molecule has 2 aromatic heterocycles. The van der Waals surface area contributed by atoms with Crippen LogP contribution in [0, 0.1) is 6.92 Å². The molecule has 16 heavy (non-hydrogen) atoms. The highest BCUT2D eigenvalue weighted by molar-refractivity contribution is 7.98. The zero-order chi connectivity index (χ0) is 11.7. The van der Waals surface area contributed by atoms with Crippen LogP contribution in [-0.2, 0) is 7.05 Å². The molecule has 4 nitrogen and oxygen atoms in total. The van der Waals surface area contributed by atoms with Gasteiger partial charge in [0.15, 0.2) is 6.29 Å². The molecule has 82 valence electrons. The van der Waals surface area contributed by atoms with Gasteiger partial charge in [-0.3, -0.25) is 4.79 Å². The number of pyridine rings is 1. The van der Waals surface area contributed by atoms with E-state index in [2.05, 4.69) is 9.97 Å². The van der Waals surface area contributed by atoms with Gasteiger partial charge in [-0.05, 0) is 24.2 Å². The number of rotatable bonds is 2. The molecule has 0 radical (unpaired) electrons. The molecule has 2 heterocycles. The van der Waals surface area contributed by atoms with E-state index in [1.54, 1.807) is 6.20 Å². The molecule has 0 aliphatic rings. The number of aromatic nitrogens is 3. The molecule has 2 aromatic rings. The van der Waals surface area contributed by atoms with Gasteiger partial charge in [-0.1, -0.05) is 11.8 Å². The number of aldehydes is 1. The van der Waals surface area contributed by atoms with Crippen molar-refractivity contribution in [3.8, 4) is 0 Å². The average molecular weight is 234 g/mol. The molecule has 0 aliphatic heterocycles. The van der Waals surface area contributed by atoms with Crippen molar-refractivity contribution in [1.82, 2.24) is 9.97 Å². The summed E-state index contributed by atoms with van der Waals surface area (Å²) in [5.74, 6) is 0. The maximum atomic E-state index is 10.9. The van der Waals surface area contributed by atoms with E-state index in [1.165, 1.54) is 11.8 Å². The normalized spacial score (nSPS) is 10.7. The summed E-state index contributed by atoms with van der Waals surface area (Å²) in [5.41, 5.74) is 2.44. The second-order valence-corrected chi connectivity index (χ2v) is 4.27. The lowest BCUT2D eigenvalue weighted by molar-refractivity contribution is -0.653. The number of fused-ring (bicyclic) bond motifs is 1. The maximum Gasteiger partial charge on any atom is 0.335 e. The lowest BCUT2D eigenvalue weighted by Crippen LogP contribution is -2.35. The van der Waals surface area contributed by atoms with Crippen molar-refractivity contribution in [2.24, 2.45) is 7.05 Å². The zero-order valence-corrected chi connectivity index (χ0v) is 10.2. The minimum Gasteiger partial charge on any atom is -0.298 e. The average Bonchev–Trinajstić information content (AvgIpc) is 2.33. The molecule has 2 rings (SSSR count). The van der Waals surface area contributed by atoms with Crippen molar-refractivity contribution in [3.63, 3.8) is 0 Å². The molecule has 0 atom stereocenters. The SMILES string of the molecule is CSc1ncc2cc(C=O)c(C)[n+](C)c2n1. The molecular weight excluding hydrogens is 222 g/mol. The Morgan fingerprint density at radius 3 is 2.88 bits per heavy atom. The monoisotopic (exact) mass is 234 g/mol. The van der Waals surface area contributed by atoms with Crippen LogP contribution in [0.1, 0.15) is 16.1 Å². The molecule has 0 aromatic carbocycles. The van der Waals surface area contributed by atoms with Gasteiger partial charge in [-0.25, -0.2) is 9.55 Å². The first-order valence-electron chi connectivity index (χ1n) is 4.83. The Kier molecular flexibility index (Phi) is 2.87. The first kappa shape index (κ1) is 11.0. The van der Waals surface area contributed by atoms with Gasteiger partial charge < -0.3 is 0 Å². The van der Waals surface area contributed by atoms with E-state index < -0.39 is 0 Å². The summed E-state index contributed by atoms with van der Waals surface area (Å²) in [5, 5.41) is 1.62. The molecule has 0 saturated heterocycles. The molecular formula is C11H12N3OS+. The van der Waals surface area contributed by atoms with E-state index in [-0.39, 0.29) is 0 Å². The number of carbonyl (C=O) groups is 1. The van der Waals surface area contributed by atoms with Crippen molar-refractivity contribution in [2.45, 2.75) is 12.1 Å². The highest BCUT2D eigenvalue weighted by Crippen LogP contribution is 2.14. The van der Waals surface area contributed by atoms with E-state index in [4.69, 9.17) is 0 Å². The summed E-state index contributed by atoms with van der Waals surface area (Å²) in [7, 11) is 1.90. The van der Waals surface area contributed by atoms with Crippen LogP contribution >= 0.6 is 11.8 Å². The van der Waals surface area contributed by atoms with Gasteiger partial charge in [-0.2, -0.15) is 0 Å². The molecule has 0 bridgehead atoms. The Hall–Kier alpha value is -1.49. The van der Waals surface area contributed by atoms with Gasteiger partial charge in [0.25, 0.3) is 0 Å². The predicted octanol–water partition coefficient (Wildman–Crippen LogP) is 1.30. The third-order valence-corrected chi connectivity index (χ3v) is 3.19. The number of hydrogen-bond donors (Lipinski definition) is 0. The largest absolute Gasteiger partial charge is 0.335 e. The first-order chi connectivity index (χ1) is 7.67. The number of thioether (sulfide) groups is 1. The van der Waals surface area contributed by atoms with E-state index in [0.717, 1.165) is 28.2 Å². The highest BCUT2D eigenvalue weighted by atomic mass is 32.2. The van der Waals surface area contributed by atoms with Crippen LogP contribution in [0.15, 0.2) is 17.4 Å². The van der Waals surface area contributed by atoms with Crippen LogP contribution in [0.25, 0.3) is 11.0 Å². The Bertz CT molecular complexity index is 569. The summed E-state index contributed by atoms with van der Waals surface area (Å²) >= 11 is 1.50. The smallest absolute Gasteiger partial charge is 0.298 e. The van der Waals surface area contributed by atoms with Gasteiger partial charge in [0.2, 0.25) is 0 Å². The minimum absolute atomic E-state index is 0.676. The van der Waals surface area contributed by atoms with E-state index in [0.29, 0.717) is 5.56 Å². The van der Waals surface area contributed by atoms with Crippen molar-refractivity contribution >= 4 is 29.1 Å². The lowest BCUT2D eigenvalue weighted by atomic mass is 10.2. The van der Waals surface area contributed by atoms with Crippen molar-refractivity contribution in [2.75, 3.05) is 6.26 Å². The van der Waals surface area contributed by atoms with Crippen LogP contribution in [0.3, 0.4) is 0 Å². The second-order valence-electron chi connectivity index (χ2n) is 3.50. The third kappa shape index (κ3) is 1.67. The highest BCUT2D eigenvalue weighted by Gasteiger charge is 2.15. The quantitative estimate of drug-likeness (QED) is 0.340. The van der Waals surface area contributed by atoms with Crippen LogP contribution < -0.4 is 4.57 Å². The van der Waals surface area contributed by atoms with Crippen molar-refractivity contribution in [1.29, 1.82) is 0 Å². The predicted molar refractivity (Wildman–Crippen MR) is 62.6 cm³/mol. The molecule has 0 spiro atoms. The van der Waals surface area contributed by atoms with Crippen LogP contribution in [0.2, 0.25) is 0 Å². The maximum absolute atomic E-state index is 10.9. The standard InChI is InChI=1S/C11H12N3OS/c1-7-9(6-15)4-8-5-12-11(16-3)13-10(8)14(7)2/h4-6H,1-3H3/q+1. The molecule has 0 amide bonds. The fraction of sp³-hybridized carbons (Fsp3) is 0.273. The third-order valence-electron chi connectivity index (χ3n) is 2.63. The Balaban J connectivity index is 2.82. The fourth-order valence-corrected chi connectivity index (χ4v) is 1.91. The number of aryl methyl sites for hydroxylation is 1. The topological polar surface area (TPSA) is 46.7 Å². The van der Waals surface area contributed by atoms with Gasteiger partial charge in [0.05, 0.1) is 18.0 Å². The first-order valence-corrected chi connectivity index (χ1v) is 6.05. The molecule has 0 fully saturated rings. The van der Waals surface area contributed by atoms with Crippen LogP contribution in [-0.4, -0.2) is 22.5 Å². The van der Waals surface area contributed by atoms with Crippen molar-refractivity contribution < 1.29 is 9.36 Å². The van der Waals surface area contributed by atoms with E-state index in [9.17, 15) is 4.79 Å². The molecule has 0 saturated carbocycles. The van der Waals surface area contributed by atoms with Crippen LogP contribution in [0.5, 0.6) is 0 Å². The summed E-state index contributed by atoms with van der Waals surface area (Å²) in [4.78, 5) is 19.5.